The molecule has 3 nitrogen and oxygen atoms in total. The van der Waals surface area contributed by atoms with Gasteiger partial charge in [0.2, 0.25) is 10.0 Å². The van der Waals surface area contributed by atoms with Gasteiger partial charge in [-0.15, -0.1) is 0 Å². The van der Waals surface area contributed by atoms with Gasteiger partial charge in [-0.1, -0.05) is 41.4 Å². The summed E-state index contributed by atoms with van der Waals surface area (Å²) < 4.78 is 27.8. The topological polar surface area (TPSA) is 46.2 Å². The minimum Gasteiger partial charge on any atom is -0.207 e. The predicted molar refractivity (Wildman–Crippen MR) is 93.7 cm³/mol. The number of aryl methyl sites for hydroxylation is 2. The van der Waals surface area contributed by atoms with E-state index in [9.17, 15) is 8.42 Å². The first-order valence-electron chi connectivity index (χ1n) is 7.46. The van der Waals surface area contributed by atoms with Crippen molar-refractivity contribution in [2.45, 2.75) is 37.1 Å². The summed E-state index contributed by atoms with van der Waals surface area (Å²) in [5, 5.41) is 0.489. The van der Waals surface area contributed by atoms with E-state index in [2.05, 4.69) is 16.9 Å². The van der Waals surface area contributed by atoms with Crippen molar-refractivity contribution in [3.8, 4) is 0 Å². The van der Waals surface area contributed by atoms with Crippen molar-refractivity contribution in [2.24, 2.45) is 0 Å². The zero-order valence-electron chi connectivity index (χ0n) is 12.6. The molecule has 122 valence electrons. The summed E-state index contributed by atoms with van der Waals surface area (Å²) in [6, 6.07) is 10.2. The molecule has 0 unspecified atom stereocenters. The molecule has 1 aliphatic carbocycles. The molecular weight excluding hydrogens is 353 g/mol. The summed E-state index contributed by atoms with van der Waals surface area (Å²) in [6.07, 6.45) is 3.33. The maximum atomic E-state index is 12.6. The summed E-state index contributed by atoms with van der Waals surface area (Å²) in [7, 11) is -3.74. The maximum absolute atomic E-state index is 12.6. The molecule has 3 rings (SSSR count). The predicted octanol–water partition coefficient (Wildman–Crippen LogP) is 4.52. The van der Waals surface area contributed by atoms with Gasteiger partial charge in [0.1, 0.15) is 4.90 Å². The fourth-order valence-electron chi connectivity index (χ4n) is 2.91. The second-order valence-corrected chi connectivity index (χ2v) is 8.33. The lowest BCUT2D eigenvalue weighted by molar-refractivity contribution is 0.567. The Morgan fingerprint density at radius 2 is 1.78 bits per heavy atom. The van der Waals surface area contributed by atoms with Gasteiger partial charge in [-0.25, -0.2) is 13.1 Å². The Bertz CT molecular complexity index is 850. The van der Waals surface area contributed by atoms with E-state index in [0.29, 0.717) is 5.02 Å². The molecule has 0 spiro atoms. The van der Waals surface area contributed by atoms with Gasteiger partial charge in [0, 0.05) is 11.1 Å². The number of hydrogen-bond donors (Lipinski definition) is 1. The van der Waals surface area contributed by atoms with Crippen LogP contribution in [0.5, 0.6) is 0 Å². The fourth-order valence-corrected chi connectivity index (χ4v) is 4.90. The quantitative estimate of drug-likeness (QED) is 0.860. The van der Waals surface area contributed by atoms with Crippen LogP contribution in [0, 0.1) is 0 Å². The van der Waals surface area contributed by atoms with Gasteiger partial charge >= 0.3 is 0 Å². The SMILES string of the molecule is C[C@@H](NS(=O)(=O)c1cc(Cl)ccc1Cl)c1ccc2c(c1)CCC2. The summed E-state index contributed by atoms with van der Waals surface area (Å²) in [5.41, 5.74) is 3.63. The first-order valence-corrected chi connectivity index (χ1v) is 9.70. The van der Waals surface area contributed by atoms with Crippen molar-refractivity contribution in [3.63, 3.8) is 0 Å². The van der Waals surface area contributed by atoms with E-state index in [1.807, 2.05) is 13.0 Å². The summed E-state index contributed by atoms with van der Waals surface area (Å²) in [5.74, 6) is 0. The van der Waals surface area contributed by atoms with Crippen molar-refractivity contribution in [2.75, 3.05) is 0 Å². The summed E-state index contributed by atoms with van der Waals surface area (Å²) >= 11 is 11.9. The van der Waals surface area contributed by atoms with Crippen LogP contribution in [0.2, 0.25) is 10.0 Å². The zero-order valence-corrected chi connectivity index (χ0v) is 15.0. The average molecular weight is 370 g/mol. The summed E-state index contributed by atoms with van der Waals surface area (Å²) in [6.45, 7) is 1.83. The molecule has 0 bridgehead atoms. The van der Waals surface area contributed by atoms with E-state index >= 15 is 0 Å². The van der Waals surface area contributed by atoms with Gasteiger partial charge in [-0.2, -0.15) is 0 Å². The van der Waals surface area contributed by atoms with Crippen LogP contribution in [0.1, 0.15) is 36.1 Å². The fraction of sp³-hybridized carbons (Fsp3) is 0.294. The third-order valence-corrected chi connectivity index (χ3v) is 6.39. The Labute approximate surface area is 146 Å². The molecule has 0 fully saturated rings. The standard InChI is InChI=1S/C17H17Cl2NO2S/c1-11(13-6-5-12-3-2-4-14(12)9-13)20-23(21,22)17-10-15(18)7-8-16(17)19/h5-11,20H,2-4H2,1H3/t11-/m1/s1. The highest BCUT2D eigenvalue weighted by Crippen LogP contribution is 2.28. The van der Waals surface area contributed by atoms with Crippen LogP contribution in [-0.2, 0) is 22.9 Å². The lowest BCUT2D eigenvalue weighted by atomic mass is 10.0. The van der Waals surface area contributed by atoms with Gasteiger partial charge in [-0.05, 0) is 61.1 Å². The minimum atomic E-state index is -3.74. The number of halogens is 2. The lowest BCUT2D eigenvalue weighted by Gasteiger charge is -2.16. The molecule has 0 aromatic heterocycles. The number of hydrogen-bond acceptors (Lipinski definition) is 2. The van der Waals surface area contributed by atoms with E-state index in [-0.39, 0.29) is 16.0 Å². The second-order valence-electron chi connectivity index (χ2n) is 5.80. The molecule has 0 heterocycles. The Kier molecular flexibility index (Phi) is 4.70. The number of sulfonamides is 1. The van der Waals surface area contributed by atoms with Crippen LogP contribution in [0.25, 0.3) is 0 Å². The van der Waals surface area contributed by atoms with Gasteiger partial charge in [0.25, 0.3) is 0 Å². The van der Waals surface area contributed by atoms with Crippen molar-refractivity contribution < 1.29 is 8.42 Å². The highest BCUT2D eigenvalue weighted by Gasteiger charge is 2.22. The Hall–Kier alpha value is -1.07. The van der Waals surface area contributed by atoms with Crippen molar-refractivity contribution in [1.82, 2.24) is 4.72 Å². The van der Waals surface area contributed by atoms with Crippen molar-refractivity contribution in [3.05, 3.63) is 63.1 Å². The zero-order chi connectivity index (χ0) is 16.6. The Morgan fingerprint density at radius 3 is 2.57 bits per heavy atom. The molecule has 0 aliphatic heterocycles. The molecule has 1 atom stereocenters. The van der Waals surface area contributed by atoms with Crippen molar-refractivity contribution in [1.29, 1.82) is 0 Å². The monoisotopic (exact) mass is 369 g/mol. The Morgan fingerprint density at radius 1 is 1.04 bits per heavy atom. The largest absolute Gasteiger partial charge is 0.242 e. The van der Waals surface area contributed by atoms with Crippen LogP contribution < -0.4 is 4.72 Å². The van der Waals surface area contributed by atoms with Gasteiger partial charge in [0.05, 0.1) is 5.02 Å². The number of rotatable bonds is 4. The van der Waals surface area contributed by atoms with E-state index in [0.717, 1.165) is 24.8 Å². The molecule has 1 aliphatic rings. The minimum absolute atomic E-state index is 0.000299. The third-order valence-electron chi connectivity index (χ3n) is 4.14. The molecular formula is C17H17Cl2NO2S. The molecule has 0 saturated carbocycles. The number of nitrogens with one attached hydrogen (secondary N) is 1. The molecule has 1 N–H and O–H groups in total. The van der Waals surface area contributed by atoms with Gasteiger partial charge < -0.3 is 0 Å². The molecule has 23 heavy (non-hydrogen) atoms. The highest BCUT2D eigenvalue weighted by molar-refractivity contribution is 7.89. The van der Waals surface area contributed by atoms with Gasteiger partial charge in [-0.3, -0.25) is 0 Å². The second kappa shape index (κ2) is 6.44. The van der Waals surface area contributed by atoms with Crippen molar-refractivity contribution >= 4 is 33.2 Å². The average Bonchev–Trinajstić information content (AvgIpc) is 2.96. The number of benzene rings is 2. The van der Waals surface area contributed by atoms with Crippen LogP contribution in [0.3, 0.4) is 0 Å². The van der Waals surface area contributed by atoms with Crippen LogP contribution in [0.15, 0.2) is 41.3 Å². The maximum Gasteiger partial charge on any atom is 0.242 e. The van der Waals surface area contributed by atoms with E-state index in [1.165, 1.54) is 23.3 Å². The lowest BCUT2D eigenvalue weighted by Crippen LogP contribution is -2.27. The molecule has 0 radical (unpaired) electrons. The molecule has 2 aromatic rings. The van der Waals surface area contributed by atoms with Crippen LogP contribution in [-0.4, -0.2) is 8.42 Å². The van der Waals surface area contributed by atoms with E-state index in [1.54, 1.807) is 6.07 Å². The smallest absolute Gasteiger partial charge is 0.207 e. The van der Waals surface area contributed by atoms with Gasteiger partial charge in [0.15, 0.2) is 0 Å². The third kappa shape index (κ3) is 3.56. The normalized spacial score (nSPS) is 15.4. The molecule has 6 heteroatoms. The molecule has 0 saturated heterocycles. The first-order chi connectivity index (χ1) is 10.9. The molecule has 2 aromatic carbocycles. The highest BCUT2D eigenvalue weighted by atomic mass is 35.5. The van der Waals surface area contributed by atoms with Crippen LogP contribution >= 0.6 is 23.2 Å². The Balaban J connectivity index is 1.86. The number of fused-ring (bicyclic) bond motifs is 1. The first kappa shape index (κ1) is 16.8. The van der Waals surface area contributed by atoms with E-state index in [4.69, 9.17) is 23.2 Å². The van der Waals surface area contributed by atoms with Crippen LogP contribution in [0.4, 0.5) is 0 Å². The molecule has 0 amide bonds. The van der Waals surface area contributed by atoms with E-state index < -0.39 is 10.0 Å². The summed E-state index contributed by atoms with van der Waals surface area (Å²) in [4.78, 5) is -0.000299.